The first-order valence-corrected chi connectivity index (χ1v) is 6.33. The second-order valence-corrected chi connectivity index (χ2v) is 4.81. The van der Waals surface area contributed by atoms with Crippen LogP contribution in [0.4, 0.5) is 0 Å². The predicted molar refractivity (Wildman–Crippen MR) is 77.3 cm³/mol. The molecule has 2 rings (SSSR count). The van der Waals surface area contributed by atoms with Crippen LogP contribution in [0.15, 0.2) is 36.4 Å². The fourth-order valence-corrected chi connectivity index (χ4v) is 2.16. The highest BCUT2D eigenvalue weighted by atomic mass is 35.5. The molecule has 3 nitrogen and oxygen atoms in total. The Morgan fingerprint density at radius 2 is 2.00 bits per heavy atom. The highest BCUT2D eigenvalue weighted by Gasteiger charge is 2.16. The molecule has 0 aliphatic rings. The van der Waals surface area contributed by atoms with E-state index in [1.54, 1.807) is 36.4 Å². The standard InChI is InChI=1S/C16H12ClNO2/c1-10-5-11(9-18)7-12(6-10)16(19)14-8-13(17)3-4-15(14)20-2/h3-8H,1-2H3. The average Bonchev–Trinajstić information content (AvgIpc) is 2.45. The Bertz CT molecular complexity index is 717. The number of hydrogen-bond donors (Lipinski definition) is 0. The maximum Gasteiger partial charge on any atom is 0.196 e. The fourth-order valence-electron chi connectivity index (χ4n) is 1.99. The number of ketones is 1. The Labute approximate surface area is 122 Å². The number of ether oxygens (including phenoxy) is 1. The van der Waals surface area contributed by atoms with Crippen LogP contribution in [0.5, 0.6) is 5.75 Å². The quantitative estimate of drug-likeness (QED) is 0.807. The van der Waals surface area contributed by atoms with E-state index in [2.05, 4.69) is 0 Å². The summed E-state index contributed by atoms with van der Waals surface area (Å²) in [4.78, 5) is 12.6. The topological polar surface area (TPSA) is 50.1 Å². The van der Waals surface area contributed by atoms with Gasteiger partial charge in [-0.2, -0.15) is 5.26 Å². The fraction of sp³-hybridized carbons (Fsp3) is 0.125. The van der Waals surface area contributed by atoms with Crippen LogP contribution in [0.3, 0.4) is 0 Å². The van der Waals surface area contributed by atoms with Gasteiger partial charge < -0.3 is 4.74 Å². The molecule has 0 radical (unpaired) electrons. The van der Waals surface area contributed by atoms with Crippen LogP contribution < -0.4 is 4.74 Å². The van der Waals surface area contributed by atoms with Gasteiger partial charge >= 0.3 is 0 Å². The van der Waals surface area contributed by atoms with Crippen LogP contribution in [-0.4, -0.2) is 12.9 Å². The van der Waals surface area contributed by atoms with Crippen LogP contribution in [0.25, 0.3) is 0 Å². The molecule has 0 saturated carbocycles. The van der Waals surface area contributed by atoms with Gasteiger partial charge in [0.25, 0.3) is 0 Å². The van der Waals surface area contributed by atoms with E-state index in [4.69, 9.17) is 21.6 Å². The first-order valence-electron chi connectivity index (χ1n) is 5.95. The zero-order chi connectivity index (χ0) is 14.7. The van der Waals surface area contributed by atoms with Gasteiger partial charge in [-0.25, -0.2) is 0 Å². The molecule has 20 heavy (non-hydrogen) atoms. The van der Waals surface area contributed by atoms with E-state index in [0.717, 1.165) is 5.56 Å². The Balaban J connectivity index is 2.54. The van der Waals surface area contributed by atoms with E-state index < -0.39 is 0 Å². The lowest BCUT2D eigenvalue weighted by Gasteiger charge is -2.09. The van der Waals surface area contributed by atoms with E-state index >= 15 is 0 Å². The predicted octanol–water partition coefficient (Wildman–Crippen LogP) is 3.76. The van der Waals surface area contributed by atoms with Crippen molar-refractivity contribution < 1.29 is 9.53 Å². The SMILES string of the molecule is COc1ccc(Cl)cc1C(=O)c1cc(C)cc(C#N)c1. The van der Waals surface area contributed by atoms with Crippen molar-refractivity contribution in [1.29, 1.82) is 5.26 Å². The van der Waals surface area contributed by atoms with Gasteiger partial charge in [-0.1, -0.05) is 11.6 Å². The summed E-state index contributed by atoms with van der Waals surface area (Å²) in [5.41, 5.74) is 2.14. The summed E-state index contributed by atoms with van der Waals surface area (Å²) in [6, 6.07) is 12.0. The summed E-state index contributed by atoms with van der Waals surface area (Å²) >= 11 is 5.94. The highest BCUT2D eigenvalue weighted by molar-refractivity contribution is 6.31. The summed E-state index contributed by atoms with van der Waals surface area (Å²) in [6.07, 6.45) is 0. The molecule has 0 bridgehead atoms. The van der Waals surface area contributed by atoms with Gasteiger partial charge in [-0.15, -0.1) is 0 Å². The molecule has 0 heterocycles. The molecule has 2 aromatic rings. The zero-order valence-corrected chi connectivity index (χ0v) is 11.9. The molecule has 4 heteroatoms. The van der Waals surface area contributed by atoms with Crippen LogP contribution >= 0.6 is 11.6 Å². The van der Waals surface area contributed by atoms with E-state index in [0.29, 0.717) is 27.5 Å². The van der Waals surface area contributed by atoms with Crippen molar-refractivity contribution in [3.63, 3.8) is 0 Å². The number of nitrogens with zero attached hydrogens (tertiary/aromatic N) is 1. The lowest BCUT2D eigenvalue weighted by Crippen LogP contribution is -2.05. The second kappa shape index (κ2) is 5.77. The molecule has 0 amide bonds. The molecular formula is C16H12ClNO2. The minimum atomic E-state index is -0.218. The van der Waals surface area contributed by atoms with E-state index in [9.17, 15) is 4.79 Å². The Morgan fingerprint density at radius 1 is 1.25 bits per heavy atom. The molecule has 0 unspecified atom stereocenters. The van der Waals surface area contributed by atoms with Gasteiger partial charge in [0.1, 0.15) is 5.75 Å². The van der Waals surface area contributed by atoms with Gasteiger partial charge in [0.2, 0.25) is 0 Å². The normalized spacial score (nSPS) is 9.90. The number of rotatable bonds is 3. The summed E-state index contributed by atoms with van der Waals surface area (Å²) in [7, 11) is 1.50. The van der Waals surface area contributed by atoms with Crippen LogP contribution in [-0.2, 0) is 0 Å². The van der Waals surface area contributed by atoms with Gasteiger partial charge in [-0.3, -0.25) is 4.79 Å². The Kier molecular flexibility index (Phi) is 4.07. The van der Waals surface area contributed by atoms with Crippen molar-refractivity contribution in [3.05, 3.63) is 63.7 Å². The summed E-state index contributed by atoms with van der Waals surface area (Å²) in [6.45, 7) is 1.84. The summed E-state index contributed by atoms with van der Waals surface area (Å²) in [5.74, 6) is 0.240. The molecule has 100 valence electrons. The summed E-state index contributed by atoms with van der Waals surface area (Å²) in [5, 5.41) is 9.44. The smallest absolute Gasteiger partial charge is 0.196 e. The molecule has 2 aromatic carbocycles. The van der Waals surface area contributed by atoms with E-state index in [1.165, 1.54) is 7.11 Å². The number of nitriles is 1. The van der Waals surface area contributed by atoms with Crippen molar-refractivity contribution in [3.8, 4) is 11.8 Å². The minimum Gasteiger partial charge on any atom is -0.496 e. The first-order chi connectivity index (χ1) is 9.55. The van der Waals surface area contributed by atoms with E-state index in [1.807, 2.05) is 13.0 Å². The molecule has 0 aliphatic heterocycles. The third-order valence-corrected chi connectivity index (χ3v) is 3.11. The van der Waals surface area contributed by atoms with Crippen molar-refractivity contribution in [1.82, 2.24) is 0 Å². The van der Waals surface area contributed by atoms with Crippen molar-refractivity contribution >= 4 is 17.4 Å². The Morgan fingerprint density at radius 3 is 2.65 bits per heavy atom. The highest BCUT2D eigenvalue weighted by Crippen LogP contribution is 2.25. The number of halogens is 1. The molecule has 0 fully saturated rings. The zero-order valence-electron chi connectivity index (χ0n) is 11.1. The summed E-state index contributed by atoms with van der Waals surface area (Å²) < 4.78 is 5.19. The van der Waals surface area contributed by atoms with Crippen LogP contribution in [0.1, 0.15) is 27.0 Å². The van der Waals surface area contributed by atoms with E-state index in [-0.39, 0.29) is 5.78 Å². The maximum absolute atomic E-state index is 12.6. The van der Waals surface area contributed by atoms with Gasteiger partial charge in [-0.05, 0) is 48.9 Å². The van der Waals surface area contributed by atoms with Gasteiger partial charge in [0.05, 0.1) is 24.3 Å². The average molecular weight is 286 g/mol. The number of aryl methyl sites for hydroxylation is 1. The van der Waals surface area contributed by atoms with Crippen LogP contribution in [0.2, 0.25) is 5.02 Å². The van der Waals surface area contributed by atoms with Crippen molar-refractivity contribution in [2.75, 3.05) is 7.11 Å². The minimum absolute atomic E-state index is 0.218. The number of benzene rings is 2. The van der Waals surface area contributed by atoms with Crippen molar-refractivity contribution in [2.45, 2.75) is 6.92 Å². The number of hydrogen-bond acceptors (Lipinski definition) is 3. The molecule has 0 atom stereocenters. The number of methoxy groups -OCH3 is 1. The van der Waals surface area contributed by atoms with Gasteiger partial charge in [0, 0.05) is 10.6 Å². The molecule has 0 aliphatic carbocycles. The molecule has 0 spiro atoms. The lowest BCUT2D eigenvalue weighted by molar-refractivity contribution is 0.103. The Hall–Kier alpha value is -2.31. The third kappa shape index (κ3) is 2.81. The lowest BCUT2D eigenvalue weighted by atomic mass is 9.99. The largest absolute Gasteiger partial charge is 0.496 e. The monoisotopic (exact) mass is 285 g/mol. The molecule has 0 N–H and O–H groups in total. The third-order valence-electron chi connectivity index (χ3n) is 2.87. The molecule has 0 aromatic heterocycles. The maximum atomic E-state index is 12.6. The van der Waals surface area contributed by atoms with Gasteiger partial charge in [0.15, 0.2) is 5.78 Å². The first kappa shape index (κ1) is 14.1. The molecular weight excluding hydrogens is 274 g/mol. The van der Waals surface area contributed by atoms with Crippen molar-refractivity contribution in [2.24, 2.45) is 0 Å². The molecule has 0 saturated heterocycles. The van der Waals surface area contributed by atoms with Crippen LogP contribution in [0, 0.1) is 18.3 Å². The number of carbonyl (C=O) groups excluding carboxylic acids is 1. The number of carbonyl (C=O) groups is 1. The second-order valence-electron chi connectivity index (χ2n) is 4.37.